The van der Waals surface area contributed by atoms with Gasteiger partial charge in [-0.05, 0) is 30.3 Å². The van der Waals surface area contributed by atoms with Gasteiger partial charge in [0.1, 0.15) is 0 Å². The monoisotopic (exact) mass is 322 g/mol. The van der Waals surface area contributed by atoms with E-state index in [1.807, 2.05) is 49.3 Å². The zero-order valence-corrected chi connectivity index (χ0v) is 13.8. The van der Waals surface area contributed by atoms with Crippen molar-refractivity contribution in [1.29, 1.82) is 0 Å². The third kappa shape index (κ3) is 4.29. The Morgan fingerprint density at radius 3 is 2.65 bits per heavy atom. The minimum atomic E-state index is 0.736. The average Bonchev–Trinajstić information content (AvgIpc) is 2.63. The van der Waals surface area contributed by atoms with Crippen LogP contribution >= 0.6 is 11.8 Å². The molecule has 4 nitrogen and oxygen atoms in total. The van der Waals surface area contributed by atoms with Gasteiger partial charge in [-0.2, -0.15) is 0 Å². The van der Waals surface area contributed by atoms with Crippen LogP contribution in [0.3, 0.4) is 0 Å². The lowest BCUT2D eigenvalue weighted by molar-refractivity contribution is 0.909. The van der Waals surface area contributed by atoms with E-state index in [1.54, 1.807) is 12.4 Å². The van der Waals surface area contributed by atoms with Gasteiger partial charge in [0, 0.05) is 48.4 Å². The molecule has 23 heavy (non-hydrogen) atoms. The zero-order valence-electron chi connectivity index (χ0n) is 13.0. The third-order valence-electron chi connectivity index (χ3n) is 3.38. The van der Waals surface area contributed by atoms with Crippen LogP contribution in [0.2, 0.25) is 0 Å². The molecule has 0 bridgehead atoms. The van der Waals surface area contributed by atoms with Crippen molar-refractivity contribution in [1.82, 2.24) is 15.0 Å². The van der Waals surface area contributed by atoms with Gasteiger partial charge in [0.15, 0.2) is 0 Å². The molecule has 0 aliphatic heterocycles. The number of hydrogen-bond donors (Lipinski definition) is 0. The van der Waals surface area contributed by atoms with E-state index in [9.17, 15) is 0 Å². The van der Waals surface area contributed by atoms with E-state index in [0.29, 0.717) is 0 Å². The fourth-order valence-corrected chi connectivity index (χ4v) is 3.07. The van der Waals surface area contributed by atoms with Gasteiger partial charge < -0.3 is 4.90 Å². The predicted molar refractivity (Wildman–Crippen MR) is 95.7 cm³/mol. The molecule has 0 amide bonds. The van der Waals surface area contributed by atoms with E-state index >= 15 is 0 Å². The Labute approximate surface area is 140 Å². The van der Waals surface area contributed by atoms with Crippen LogP contribution in [0.4, 0.5) is 5.95 Å². The predicted octanol–water partition coefficient (Wildman–Crippen LogP) is 3.77. The second-order valence-corrected chi connectivity index (χ2v) is 6.23. The molecule has 2 aromatic heterocycles. The highest BCUT2D eigenvalue weighted by Crippen LogP contribution is 2.19. The van der Waals surface area contributed by atoms with Crippen molar-refractivity contribution in [3.05, 3.63) is 67.1 Å². The summed E-state index contributed by atoms with van der Waals surface area (Å²) in [6.07, 6.45) is 5.38. The molecule has 0 saturated carbocycles. The number of benzene rings is 1. The molecule has 0 aliphatic carbocycles. The number of anilines is 1. The SMILES string of the molecule is CN(CCSc1ccccc1)c1nccc(-c2cccnc2)n1. The number of nitrogens with zero attached hydrogens (tertiary/aromatic N) is 4. The van der Waals surface area contributed by atoms with Crippen LogP contribution in [0.15, 0.2) is 72.0 Å². The van der Waals surface area contributed by atoms with Crippen molar-refractivity contribution in [3.63, 3.8) is 0 Å². The first kappa shape index (κ1) is 15.5. The highest BCUT2D eigenvalue weighted by Gasteiger charge is 2.07. The summed E-state index contributed by atoms with van der Waals surface area (Å²) in [7, 11) is 2.02. The summed E-state index contributed by atoms with van der Waals surface area (Å²) in [5, 5.41) is 0. The van der Waals surface area contributed by atoms with E-state index in [2.05, 4.69) is 44.1 Å². The maximum absolute atomic E-state index is 4.63. The lowest BCUT2D eigenvalue weighted by atomic mass is 10.2. The fourth-order valence-electron chi connectivity index (χ4n) is 2.12. The summed E-state index contributed by atoms with van der Waals surface area (Å²) in [5.74, 6) is 1.72. The summed E-state index contributed by atoms with van der Waals surface area (Å²) in [5.41, 5.74) is 1.90. The van der Waals surface area contributed by atoms with Crippen LogP contribution in [0, 0.1) is 0 Å². The van der Waals surface area contributed by atoms with E-state index < -0.39 is 0 Å². The Morgan fingerprint density at radius 1 is 1.00 bits per heavy atom. The van der Waals surface area contributed by atoms with Gasteiger partial charge in [-0.15, -0.1) is 11.8 Å². The van der Waals surface area contributed by atoms with Crippen molar-refractivity contribution < 1.29 is 0 Å². The molecule has 5 heteroatoms. The van der Waals surface area contributed by atoms with Crippen molar-refractivity contribution in [2.45, 2.75) is 4.90 Å². The second kappa shape index (κ2) is 7.74. The van der Waals surface area contributed by atoms with Gasteiger partial charge in [-0.3, -0.25) is 4.98 Å². The van der Waals surface area contributed by atoms with Gasteiger partial charge in [0.25, 0.3) is 0 Å². The van der Waals surface area contributed by atoms with Crippen LogP contribution in [-0.2, 0) is 0 Å². The molecule has 0 fully saturated rings. The molecule has 3 rings (SSSR count). The van der Waals surface area contributed by atoms with Crippen LogP contribution in [0.1, 0.15) is 0 Å². The van der Waals surface area contributed by atoms with Gasteiger partial charge in [-0.1, -0.05) is 18.2 Å². The molecular formula is C18H18N4S. The molecule has 0 N–H and O–H groups in total. The largest absolute Gasteiger partial charge is 0.343 e. The van der Waals surface area contributed by atoms with Gasteiger partial charge in [-0.25, -0.2) is 9.97 Å². The molecule has 3 aromatic rings. The number of pyridine rings is 1. The lowest BCUT2D eigenvalue weighted by Gasteiger charge is -2.17. The van der Waals surface area contributed by atoms with Crippen LogP contribution in [0.5, 0.6) is 0 Å². The van der Waals surface area contributed by atoms with Crippen LogP contribution in [-0.4, -0.2) is 34.3 Å². The minimum absolute atomic E-state index is 0.736. The summed E-state index contributed by atoms with van der Waals surface area (Å²) in [6, 6.07) is 16.2. The molecular weight excluding hydrogens is 304 g/mol. The van der Waals surface area contributed by atoms with Crippen molar-refractivity contribution in [2.75, 3.05) is 24.2 Å². The summed E-state index contributed by atoms with van der Waals surface area (Å²) in [6.45, 7) is 0.885. The third-order valence-corrected chi connectivity index (χ3v) is 4.37. The number of rotatable bonds is 6. The van der Waals surface area contributed by atoms with E-state index in [0.717, 1.165) is 29.5 Å². The Morgan fingerprint density at radius 2 is 1.87 bits per heavy atom. The second-order valence-electron chi connectivity index (χ2n) is 5.07. The Balaban J connectivity index is 1.62. The standard InChI is InChI=1S/C18H18N4S/c1-22(12-13-23-16-7-3-2-4-8-16)18-20-11-9-17(21-18)15-6-5-10-19-14-15/h2-11,14H,12-13H2,1H3. The highest BCUT2D eigenvalue weighted by molar-refractivity contribution is 7.99. The highest BCUT2D eigenvalue weighted by atomic mass is 32.2. The van der Waals surface area contributed by atoms with Crippen molar-refractivity contribution >= 4 is 17.7 Å². The summed E-state index contributed by atoms with van der Waals surface area (Å²) >= 11 is 1.84. The Bertz CT molecular complexity index is 734. The molecule has 1 aromatic carbocycles. The quantitative estimate of drug-likeness (QED) is 0.646. The first-order chi connectivity index (χ1) is 11.3. The average molecular weight is 322 g/mol. The van der Waals surface area contributed by atoms with E-state index in [1.165, 1.54) is 4.90 Å². The molecule has 0 radical (unpaired) electrons. The topological polar surface area (TPSA) is 41.9 Å². The van der Waals surface area contributed by atoms with Crippen molar-refractivity contribution in [2.24, 2.45) is 0 Å². The lowest BCUT2D eigenvalue weighted by Crippen LogP contribution is -2.22. The Hall–Kier alpha value is -2.40. The Kier molecular flexibility index (Phi) is 5.21. The van der Waals surface area contributed by atoms with Crippen LogP contribution < -0.4 is 4.90 Å². The minimum Gasteiger partial charge on any atom is -0.343 e. The first-order valence-electron chi connectivity index (χ1n) is 7.45. The molecule has 0 atom stereocenters. The molecule has 0 unspecified atom stereocenters. The zero-order chi connectivity index (χ0) is 15.9. The molecule has 0 spiro atoms. The number of aromatic nitrogens is 3. The van der Waals surface area contributed by atoms with Gasteiger partial charge in [0.05, 0.1) is 5.69 Å². The smallest absolute Gasteiger partial charge is 0.225 e. The first-order valence-corrected chi connectivity index (χ1v) is 8.44. The molecule has 0 saturated heterocycles. The summed E-state index contributed by atoms with van der Waals surface area (Å²) in [4.78, 5) is 16.5. The summed E-state index contributed by atoms with van der Waals surface area (Å²) < 4.78 is 0. The fraction of sp³-hybridized carbons (Fsp3) is 0.167. The molecule has 2 heterocycles. The van der Waals surface area contributed by atoms with Crippen molar-refractivity contribution in [3.8, 4) is 11.3 Å². The number of thioether (sulfide) groups is 1. The normalized spacial score (nSPS) is 10.5. The van der Waals surface area contributed by atoms with Gasteiger partial charge >= 0.3 is 0 Å². The maximum atomic E-state index is 4.63. The molecule has 0 aliphatic rings. The van der Waals surface area contributed by atoms with E-state index in [4.69, 9.17) is 0 Å². The maximum Gasteiger partial charge on any atom is 0.225 e. The molecule has 116 valence electrons. The van der Waals surface area contributed by atoms with E-state index in [-0.39, 0.29) is 0 Å². The van der Waals surface area contributed by atoms with Crippen LogP contribution in [0.25, 0.3) is 11.3 Å². The number of hydrogen-bond acceptors (Lipinski definition) is 5. The van der Waals surface area contributed by atoms with Gasteiger partial charge in [0.2, 0.25) is 5.95 Å².